The lowest BCUT2D eigenvalue weighted by molar-refractivity contribution is 0.200. The van der Waals surface area contributed by atoms with Crippen LogP contribution in [-0.2, 0) is 6.54 Å². The molecule has 0 aliphatic carbocycles. The normalized spacial score (nSPS) is 9.94. The molecule has 2 aromatic rings. The SMILES string of the molecule is Cc1nnc(CNC(=O)Oc2ccccc2)s1. The molecule has 17 heavy (non-hydrogen) atoms. The second-order valence-corrected chi connectivity index (χ2v) is 4.54. The third kappa shape index (κ3) is 3.53. The second-order valence-electron chi connectivity index (χ2n) is 3.27. The molecule has 0 saturated heterocycles. The van der Waals surface area contributed by atoms with E-state index in [1.165, 1.54) is 11.3 Å². The van der Waals surface area contributed by atoms with Gasteiger partial charge in [-0.2, -0.15) is 0 Å². The minimum absolute atomic E-state index is 0.331. The summed E-state index contributed by atoms with van der Waals surface area (Å²) in [6.45, 7) is 2.20. The number of hydrogen-bond donors (Lipinski definition) is 1. The molecule has 6 heteroatoms. The first kappa shape index (κ1) is 11.5. The molecule has 1 aromatic heterocycles. The van der Waals surface area contributed by atoms with Crippen LogP contribution in [-0.4, -0.2) is 16.3 Å². The monoisotopic (exact) mass is 249 g/mol. The lowest BCUT2D eigenvalue weighted by Crippen LogP contribution is -2.26. The number of ether oxygens (including phenoxy) is 1. The molecule has 0 spiro atoms. The van der Waals surface area contributed by atoms with Gasteiger partial charge in [0.05, 0.1) is 6.54 Å². The van der Waals surface area contributed by atoms with Crippen LogP contribution >= 0.6 is 11.3 Å². The van der Waals surface area contributed by atoms with Crippen molar-refractivity contribution in [3.05, 3.63) is 40.3 Å². The van der Waals surface area contributed by atoms with Gasteiger partial charge in [0, 0.05) is 0 Å². The van der Waals surface area contributed by atoms with Crippen LogP contribution in [0.3, 0.4) is 0 Å². The highest BCUT2D eigenvalue weighted by Crippen LogP contribution is 2.09. The van der Waals surface area contributed by atoms with E-state index in [-0.39, 0.29) is 0 Å². The van der Waals surface area contributed by atoms with Gasteiger partial charge in [-0.1, -0.05) is 29.5 Å². The number of aryl methyl sites for hydroxylation is 1. The van der Waals surface area contributed by atoms with Crippen LogP contribution in [0.15, 0.2) is 30.3 Å². The Bertz CT molecular complexity index is 498. The molecule has 88 valence electrons. The predicted octanol–water partition coefficient (Wildman–Crippen LogP) is 2.14. The van der Waals surface area contributed by atoms with Gasteiger partial charge in [-0.25, -0.2) is 4.79 Å². The van der Waals surface area contributed by atoms with Gasteiger partial charge in [-0.15, -0.1) is 10.2 Å². The number of amides is 1. The molecule has 1 amide bonds. The van der Waals surface area contributed by atoms with Crippen molar-refractivity contribution < 1.29 is 9.53 Å². The first-order chi connectivity index (χ1) is 8.24. The number of para-hydroxylation sites is 1. The molecule has 0 radical (unpaired) electrons. The maximum absolute atomic E-state index is 11.4. The summed E-state index contributed by atoms with van der Waals surface area (Å²) < 4.78 is 5.05. The van der Waals surface area contributed by atoms with Crippen LogP contribution in [0.25, 0.3) is 0 Å². The van der Waals surface area contributed by atoms with Crippen LogP contribution < -0.4 is 10.1 Å². The van der Waals surface area contributed by atoms with E-state index in [9.17, 15) is 4.79 Å². The molecular formula is C11H11N3O2S. The second kappa shape index (κ2) is 5.40. The minimum Gasteiger partial charge on any atom is -0.410 e. The van der Waals surface area contributed by atoms with Crippen molar-refractivity contribution in [1.29, 1.82) is 0 Å². The van der Waals surface area contributed by atoms with Crippen LogP contribution in [0.4, 0.5) is 4.79 Å². The zero-order valence-electron chi connectivity index (χ0n) is 9.21. The highest BCUT2D eigenvalue weighted by atomic mass is 32.1. The van der Waals surface area contributed by atoms with Gasteiger partial charge in [0.25, 0.3) is 0 Å². The van der Waals surface area contributed by atoms with Crippen molar-refractivity contribution in [3.63, 3.8) is 0 Å². The number of carbonyl (C=O) groups is 1. The Morgan fingerprint density at radius 3 is 2.76 bits per heavy atom. The van der Waals surface area contributed by atoms with E-state index in [1.807, 2.05) is 13.0 Å². The Morgan fingerprint density at radius 2 is 2.12 bits per heavy atom. The topological polar surface area (TPSA) is 64.1 Å². The van der Waals surface area contributed by atoms with Crippen molar-refractivity contribution in [2.45, 2.75) is 13.5 Å². The zero-order valence-corrected chi connectivity index (χ0v) is 10.0. The average Bonchev–Trinajstić information content (AvgIpc) is 2.74. The Balaban J connectivity index is 1.82. The number of rotatable bonds is 3. The first-order valence-electron chi connectivity index (χ1n) is 5.04. The van der Waals surface area contributed by atoms with E-state index in [0.29, 0.717) is 12.3 Å². The average molecular weight is 249 g/mol. The van der Waals surface area contributed by atoms with Crippen LogP contribution in [0.5, 0.6) is 5.75 Å². The summed E-state index contributed by atoms with van der Waals surface area (Å²) >= 11 is 1.44. The van der Waals surface area contributed by atoms with Crippen molar-refractivity contribution >= 4 is 17.4 Å². The third-order valence-electron chi connectivity index (χ3n) is 1.91. The van der Waals surface area contributed by atoms with Crippen molar-refractivity contribution in [3.8, 4) is 5.75 Å². The maximum Gasteiger partial charge on any atom is 0.412 e. The van der Waals surface area contributed by atoms with Gasteiger partial charge in [0.15, 0.2) is 0 Å². The molecule has 2 rings (SSSR count). The van der Waals surface area contributed by atoms with Gasteiger partial charge in [0.1, 0.15) is 15.8 Å². The standard InChI is InChI=1S/C11H11N3O2S/c1-8-13-14-10(17-8)7-12-11(15)16-9-5-3-2-4-6-9/h2-6H,7H2,1H3,(H,12,15). The van der Waals surface area contributed by atoms with Crippen LogP contribution in [0.1, 0.15) is 10.0 Å². The first-order valence-corrected chi connectivity index (χ1v) is 5.85. The fourth-order valence-electron chi connectivity index (χ4n) is 1.19. The zero-order chi connectivity index (χ0) is 12.1. The molecule has 0 aliphatic rings. The Labute approximate surface area is 102 Å². The van der Waals surface area contributed by atoms with Gasteiger partial charge >= 0.3 is 6.09 Å². The molecule has 0 atom stereocenters. The third-order valence-corrected chi connectivity index (χ3v) is 2.74. The number of benzene rings is 1. The quantitative estimate of drug-likeness (QED) is 0.905. The number of nitrogens with one attached hydrogen (secondary N) is 1. The molecule has 0 saturated carbocycles. The molecule has 1 heterocycles. The molecule has 0 bridgehead atoms. The Kier molecular flexibility index (Phi) is 3.66. The molecular weight excluding hydrogens is 238 g/mol. The predicted molar refractivity (Wildman–Crippen MR) is 64.0 cm³/mol. The molecule has 1 N–H and O–H groups in total. The summed E-state index contributed by atoms with van der Waals surface area (Å²) in [5, 5.41) is 12.0. The molecule has 0 aliphatic heterocycles. The lowest BCUT2D eigenvalue weighted by Gasteiger charge is -2.04. The minimum atomic E-state index is -0.496. The number of aromatic nitrogens is 2. The lowest BCUT2D eigenvalue weighted by atomic mass is 10.3. The van der Waals surface area contributed by atoms with Crippen molar-refractivity contribution in [2.24, 2.45) is 0 Å². The summed E-state index contributed by atoms with van der Waals surface area (Å²) in [6.07, 6.45) is -0.496. The summed E-state index contributed by atoms with van der Waals surface area (Å²) in [4.78, 5) is 11.4. The molecule has 0 fully saturated rings. The fourth-order valence-corrected chi connectivity index (χ4v) is 1.84. The Morgan fingerprint density at radius 1 is 1.35 bits per heavy atom. The van der Waals surface area contributed by atoms with E-state index in [4.69, 9.17) is 4.74 Å². The largest absolute Gasteiger partial charge is 0.412 e. The smallest absolute Gasteiger partial charge is 0.410 e. The van der Waals surface area contributed by atoms with E-state index >= 15 is 0 Å². The summed E-state index contributed by atoms with van der Waals surface area (Å²) in [6, 6.07) is 8.89. The molecule has 1 aromatic carbocycles. The highest BCUT2D eigenvalue weighted by Gasteiger charge is 2.05. The van der Waals surface area contributed by atoms with Gasteiger partial charge < -0.3 is 10.1 Å². The Hall–Kier alpha value is -1.95. The molecule has 0 unspecified atom stereocenters. The number of nitrogens with zero attached hydrogens (tertiary/aromatic N) is 2. The summed E-state index contributed by atoms with van der Waals surface area (Å²) in [7, 11) is 0. The van der Waals surface area contributed by atoms with E-state index in [2.05, 4.69) is 15.5 Å². The van der Waals surface area contributed by atoms with Gasteiger partial charge in [-0.05, 0) is 19.1 Å². The maximum atomic E-state index is 11.4. The highest BCUT2D eigenvalue weighted by molar-refractivity contribution is 7.11. The molecule has 5 nitrogen and oxygen atoms in total. The van der Waals surface area contributed by atoms with E-state index in [1.54, 1.807) is 24.3 Å². The summed E-state index contributed by atoms with van der Waals surface area (Å²) in [5.74, 6) is 0.512. The fraction of sp³-hybridized carbons (Fsp3) is 0.182. The number of hydrogen-bond acceptors (Lipinski definition) is 5. The number of carbonyl (C=O) groups excluding carboxylic acids is 1. The van der Waals surface area contributed by atoms with E-state index in [0.717, 1.165) is 10.0 Å². The van der Waals surface area contributed by atoms with E-state index < -0.39 is 6.09 Å². The van der Waals surface area contributed by atoms with Crippen LogP contribution in [0.2, 0.25) is 0 Å². The van der Waals surface area contributed by atoms with Gasteiger partial charge in [0.2, 0.25) is 0 Å². The van der Waals surface area contributed by atoms with Gasteiger partial charge in [-0.3, -0.25) is 0 Å². The summed E-state index contributed by atoms with van der Waals surface area (Å²) in [5.41, 5.74) is 0. The van der Waals surface area contributed by atoms with Crippen molar-refractivity contribution in [2.75, 3.05) is 0 Å². The van der Waals surface area contributed by atoms with Crippen LogP contribution in [0, 0.1) is 6.92 Å². The van der Waals surface area contributed by atoms with Crippen molar-refractivity contribution in [1.82, 2.24) is 15.5 Å².